The van der Waals surface area contributed by atoms with Gasteiger partial charge in [0.15, 0.2) is 0 Å². The summed E-state index contributed by atoms with van der Waals surface area (Å²) in [6, 6.07) is -0.0742. The molecule has 1 heterocycles. The van der Waals surface area contributed by atoms with Crippen LogP contribution >= 0.6 is 0 Å². The van der Waals surface area contributed by atoms with Gasteiger partial charge in [-0.25, -0.2) is 4.79 Å². The standard InChI is InChI=1S/C11H20N2O3/c1-9(2)16-10(14)5-6-12-11(15)13-7-3-4-8-13/h9H,3-8H2,1-2H3,(H,12,15). The second-order valence-electron chi connectivity index (χ2n) is 4.21. The molecule has 0 saturated carbocycles. The largest absolute Gasteiger partial charge is 0.463 e. The van der Waals surface area contributed by atoms with Crippen LogP contribution in [0.15, 0.2) is 0 Å². The lowest BCUT2D eigenvalue weighted by Gasteiger charge is -2.16. The van der Waals surface area contributed by atoms with E-state index in [0.29, 0.717) is 6.54 Å². The van der Waals surface area contributed by atoms with Crippen LogP contribution in [0.5, 0.6) is 0 Å². The van der Waals surface area contributed by atoms with Crippen molar-refractivity contribution in [2.75, 3.05) is 19.6 Å². The fraction of sp³-hybridized carbons (Fsp3) is 0.818. The normalized spacial score (nSPS) is 15.3. The fourth-order valence-electron chi connectivity index (χ4n) is 1.63. The molecular weight excluding hydrogens is 208 g/mol. The van der Waals surface area contributed by atoms with E-state index in [1.54, 1.807) is 18.7 Å². The summed E-state index contributed by atoms with van der Waals surface area (Å²) in [6.45, 7) is 5.60. The van der Waals surface area contributed by atoms with Crippen LogP contribution in [0.4, 0.5) is 4.79 Å². The highest BCUT2D eigenvalue weighted by Crippen LogP contribution is 2.06. The molecule has 92 valence electrons. The first-order valence-corrected chi connectivity index (χ1v) is 5.82. The molecule has 0 aromatic carbocycles. The number of hydrogen-bond acceptors (Lipinski definition) is 3. The lowest BCUT2D eigenvalue weighted by atomic mass is 10.4. The van der Waals surface area contributed by atoms with Crippen molar-refractivity contribution in [1.82, 2.24) is 10.2 Å². The summed E-state index contributed by atoms with van der Waals surface area (Å²) in [4.78, 5) is 24.5. The van der Waals surface area contributed by atoms with Gasteiger partial charge in [0.05, 0.1) is 12.5 Å². The predicted molar refractivity (Wildman–Crippen MR) is 60.1 cm³/mol. The van der Waals surface area contributed by atoms with Crippen LogP contribution in [0.2, 0.25) is 0 Å². The van der Waals surface area contributed by atoms with Crippen molar-refractivity contribution in [2.45, 2.75) is 39.2 Å². The van der Waals surface area contributed by atoms with E-state index in [-0.39, 0.29) is 24.5 Å². The van der Waals surface area contributed by atoms with E-state index in [0.717, 1.165) is 25.9 Å². The Morgan fingerprint density at radius 2 is 1.94 bits per heavy atom. The maximum atomic E-state index is 11.5. The SMILES string of the molecule is CC(C)OC(=O)CCNC(=O)N1CCCC1. The Labute approximate surface area is 96.1 Å². The average molecular weight is 228 g/mol. The van der Waals surface area contributed by atoms with Crippen LogP contribution in [0.25, 0.3) is 0 Å². The van der Waals surface area contributed by atoms with Crippen LogP contribution in [-0.4, -0.2) is 42.6 Å². The van der Waals surface area contributed by atoms with E-state index in [2.05, 4.69) is 5.32 Å². The molecule has 0 atom stereocenters. The molecule has 2 amide bonds. The summed E-state index contributed by atoms with van der Waals surface area (Å²) in [6.07, 6.45) is 2.28. The number of nitrogens with zero attached hydrogens (tertiary/aromatic N) is 1. The molecule has 5 nitrogen and oxygen atoms in total. The second kappa shape index (κ2) is 6.35. The molecule has 5 heteroatoms. The molecule has 16 heavy (non-hydrogen) atoms. The Kier molecular flexibility index (Phi) is 5.08. The van der Waals surface area contributed by atoms with Crippen LogP contribution in [0.1, 0.15) is 33.1 Å². The van der Waals surface area contributed by atoms with Gasteiger partial charge in [-0.3, -0.25) is 4.79 Å². The third-order valence-electron chi connectivity index (χ3n) is 2.37. The Morgan fingerprint density at radius 3 is 2.50 bits per heavy atom. The smallest absolute Gasteiger partial charge is 0.317 e. The maximum absolute atomic E-state index is 11.5. The highest BCUT2D eigenvalue weighted by atomic mass is 16.5. The number of urea groups is 1. The number of rotatable bonds is 4. The highest BCUT2D eigenvalue weighted by molar-refractivity contribution is 5.75. The summed E-state index contributed by atoms with van der Waals surface area (Å²) in [7, 11) is 0. The third-order valence-corrected chi connectivity index (χ3v) is 2.37. The molecule has 0 spiro atoms. The van der Waals surface area contributed by atoms with Crippen molar-refractivity contribution in [1.29, 1.82) is 0 Å². The monoisotopic (exact) mass is 228 g/mol. The first-order chi connectivity index (χ1) is 7.59. The van der Waals surface area contributed by atoms with Crippen molar-refractivity contribution in [3.63, 3.8) is 0 Å². The van der Waals surface area contributed by atoms with Crippen molar-refractivity contribution in [3.05, 3.63) is 0 Å². The molecule has 1 fully saturated rings. The van der Waals surface area contributed by atoms with Gasteiger partial charge in [-0.05, 0) is 26.7 Å². The molecule has 0 unspecified atom stereocenters. The molecular formula is C11H20N2O3. The molecule has 0 aromatic heterocycles. The molecule has 1 rings (SSSR count). The molecule has 1 saturated heterocycles. The minimum absolute atomic E-state index is 0.0742. The summed E-state index contributed by atoms with van der Waals surface area (Å²) in [5.41, 5.74) is 0. The van der Waals surface area contributed by atoms with Gasteiger partial charge in [0.1, 0.15) is 0 Å². The number of carbonyl (C=O) groups is 2. The van der Waals surface area contributed by atoms with Crippen LogP contribution in [0.3, 0.4) is 0 Å². The zero-order valence-electron chi connectivity index (χ0n) is 9.99. The molecule has 0 radical (unpaired) electrons. The molecule has 0 aromatic rings. The van der Waals surface area contributed by atoms with Gasteiger partial charge < -0.3 is 15.0 Å². The molecule has 1 N–H and O–H groups in total. The quantitative estimate of drug-likeness (QED) is 0.734. The van der Waals surface area contributed by atoms with E-state index in [4.69, 9.17) is 4.74 Å². The Balaban J connectivity index is 2.10. The number of ether oxygens (including phenoxy) is 1. The highest BCUT2D eigenvalue weighted by Gasteiger charge is 2.17. The first-order valence-electron chi connectivity index (χ1n) is 5.82. The second-order valence-corrected chi connectivity index (χ2v) is 4.21. The number of nitrogens with one attached hydrogen (secondary N) is 1. The Hall–Kier alpha value is -1.26. The lowest BCUT2D eigenvalue weighted by molar-refractivity contribution is -0.147. The summed E-state index contributed by atoms with van der Waals surface area (Å²) in [5.74, 6) is -0.267. The van der Waals surface area contributed by atoms with Crippen LogP contribution in [-0.2, 0) is 9.53 Å². The number of hydrogen-bond donors (Lipinski definition) is 1. The Bertz CT molecular complexity index is 248. The van der Waals surface area contributed by atoms with Gasteiger partial charge in [0.2, 0.25) is 0 Å². The van der Waals surface area contributed by atoms with Crippen molar-refractivity contribution in [3.8, 4) is 0 Å². The number of carbonyl (C=O) groups excluding carboxylic acids is 2. The number of esters is 1. The zero-order chi connectivity index (χ0) is 12.0. The number of likely N-dealkylation sites (tertiary alicyclic amines) is 1. The van der Waals surface area contributed by atoms with Crippen molar-refractivity contribution >= 4 is 12.0 Å². The maximum Gasteiger partial charge on any atom is 0.317 e. The summed E-state index contributed by atoms with van der Waals surface area (Å²) < 4.78 is 4.95. The van der Waals surface area contributed by atoms with E-state index >= 15 is 0 Å². The lowest BCUT2D eigenvalue weighted by Crippen LogP contribution is -2.39. The molecule has 0 aliphatic carbocycles. The minimum atomic E-state index is -0.267. The fourth-order valence-corrected chi connectivity index (χ4v) is 1.63. The van der Waals surface area contributed by atoms with Crippen molar-refractivity contribution in [2.24, 2.45) is 0 Å². The van der Waals surface area contributed by atoms with E-state index in [1.165, 1.54) is 0 Å². The average Bonchev–Trinajstić information content (AvgIpc) is 2.68. The zero-order valence-corrected chi connectivity index (χ0v) is 9.99. The topological polar surface area (TPSA) is 58.6 Å². The third kappa shape index (κ3) is 4.51. The summed E-state index contributed by atoms with van der Waals surface area (Å²) in [5, 5.41) is 2.71. The summed E-state index contributed by atoms with van der Waals surface area (Å²) >= 11 is 0. The van der Waals surface area contributed by atoms with Gasteiger partial charge in [0, 0.05) is 19.6 Å². The van der Waals surface area contributed by atoms with Crippen LogP contribution < -0.4 is 5.32 Å². The number of amides is 2. The molecule has 0 bridgehead atoms. The van der Waals surface area contributed by atoms with E-state index < -0.39 is 0 Å². The van der Waals surface area contributed by atoms with Gasteiger partial charge in [-0.2, -0.15) is 0 Å². The first kappa shape index (κ1) is 12.8. The van der Waals surface area contributed by atoms with E-state index in [1.807, 2.05) is 0 Å². The van der Waals surface area contributed by atoms with Crippen LogP contribution in [0, 0.1) is 0 Å². The van der Waals surface area contributed by atoms with Gasteiger partial charge >= 0.3 is 12.0 Å². The molecule has 1 aliphatic rings. The molecule has 1 aliphatic heterocycles. The van der Waals surface area contributed by atoms with Gasteiger partial charge in [-0.15, -0.1) is 0 Å². The van der Waals surface area contributed by atoms with Gasteiger partial charge in [-0.1, -0.05) is 0 Å². The van der Waals surface area contributed by atoms with E-state index in [9.17, 15) is 9.59 Å². The van der Waals surface area contributed by atoms with Gasteiger partial charge in [0.25, 0.3) is 0 Å². The predicted octanol–water partition coefficient (Wildman–Crippen LogP) is 1.13. The minimum Gasteiger partial charge on any atom is -0.463 e. The van der Waals surface area contributed by atoms with Crippen molar-refractivity contribution < 1.29 is 14.3 Å². The Morgan fingerprint density at radius 1 is 1.31 bits per heavy atom.